The van der Waals surface area contributed by atoms with Gasteiger partial charge in [0.25, 0.3) is 0 Å². The van der Waals surface area contributed by atoms with E-state index in [0.29, 0.717) is 37.1 Å². The molecule has 0 radical (unpaired) electrons. The first-order valence-corrected chi connectivity index (χ1v) is 9.36. The van der Waals surface area contributed by atoms with Crippen molar-refractivity contribution in [3.8, 4) is 0 Å². The van der Waals surface area contributed by atoms with E-state index in [1.54, 1.807) is 18.2 Å². The fourth-order valence-electron chi connectivity index (χ4n) is 2.36. The molecule has 1 aliphatic heterocycles. The fraction of sp³-hybridized carbons (Fsp3) is 0.312. The molecule has 1 aliphatic rings. The maximum absolute atomic E-state index is 12.5. The van der Waals surface area contributed by atoms with E-state index < -0.39 is 10.0 Å². The number of rotatable bonds is 4. The van der Waals surface area contributed by atoms with Gasteiger partial charge in [-0.1, -0.05) is 17.7 Å². The van der Waals surface area contributed by atoms with Crippen molar-refractivity contribution in [1.29, 1.82) is 0 Å². The summed E-state index contributed by atoms with van der Waals surface area (Å²) < 4.78 is 31.7. The predicted octanol–water partition coefficient (Wildman–Crippen LogP) is 2.81. The molecule has 1 fully saturated rings. The minimum atomic E-state index is -3.52. The summed E-state index contributed by atoms with van der Waals surface area (Å²) in [6.45, 7) is 3.49. The molecule has 0 atom stereocenters. The van der Waals surface area contributed by atoms with Crippen LogP contribution in [0, 0.1) is 6.92 Å². The van der Waals surface area contributed by atoms with E-state index in [4.69, 9.17) is 16.3 Å². The molecule has 1 saturated heterocycles. The molecule has 1 aromatic heterocycles. The van der Waals surface area contributed by atoms with Crippen LogP contribution in [0.2, 0.25) is 5.02 Å². The van der Waals surface area contributed by atoms with Crippen LogP contribution in [0.25, 0.3) is 0 Å². The van der Waals surface area contributed by atoms with Gasteiger partial charge in [-0.2, -0.15) is 4.31 Å². The summed E-state index contributed by atoms with van der Waals surface area (Å²) in [6, 6.07) is 8.79. The molecule has 0 unspecified atom stereocenters. The van der Waals surface area contributed by atoms with E-state index in [1.165, 1.54) is 10.5 Å². The number of ether oxygens (including phenoxy) is 1. The SMILES string of the molecule is Cc1ccc(Nc2ccc(S(=O)(=O)N3CCOCC3)cn2)cc1Cl. The third-order valence-corrected chi connectivity index (χ3v) is 6.08. The second-order valence-electron chi connectivity index (χ2n) is 5.48. The molecule has 1 aromatic carbocycles. The van der Waals surface area contributed by atoms with Gasteiger partial charge in [0.1, 0.15) is 10.7 Å². The second-order valence-corrected chi connectivity index (χ2v) is 7.83. The molecule has 0 bridgehead atoms. The lowest BCUT2D eigenvalue weighted by Crippen LogP contribution is -2.40. The number of sulfonamides is 1. The van der Waals surface area contributed by atoms with E-state index in [2.05, 4.69) is 10.3 Å². The Bertz CT molecular complexity index is 819. The molecule has 0 aliphatic carbocycles. The third kappa shape index (κ3) is 3.70. The molecule has 3 rings (SSSR count). The summed E-state index contributed by atoms with van der Waals surface area (Å²) in [5.74, 6) is 0.552. The van der Waals surface area contributed by atoms with Gasteiger partial charge >= 0.3 is 0 Å². The number of hydrogen-bond acceptors (Lipinski definition) is 5. The zero-order chi connectivity index (χ0) is 17.2. The molecule has 8 heteroatoms. The molecule has 128 valence electrons. The molecule has 0 saturated carbocycles. The van der Waals surface area contributed by atoms with Crippen molar-refractivity contribution in [2.45, 2.75) is 11.8 Å². The highest BCUT2D eigenvalue weighted by molar-refractivity contribution is 7.89. The van der Waals surface area contributed by atoms with E-state index >= 15 is 0 Å². The summed E-state index contributed by atoms with van der Waals surface area (Å²) in [4.78, 5) is 4.37. The van der Waals surface area contributed by atoms with Crippen LogP contribution in [0.3, 0.4) is 0 Å². The highest BCUT2D eigenvalue weighted by atomic mass is 35.5. The summed E-state index contributed by atoms with van der Waals surface area (Å²) in [5, 5.41) is 3.76. The predicted molar refractivity (Wildman–Crippen MR) is 93.3 cm³/mol. The van der Waals surface area contributed by atoms with Crippen LogP contribution in [0.5, 0.6) is 0 Å². The summed E-state index contributed by atoms with van der Waals surface area (Å²) in [6.07, 6.45) is 1.36. The lowest BCUT2D eigenvalue weighted by Gasteiger charge is -2.25. The van der Waals surface area contributed by atoms with Crippen molar-refractivity contribution in [1.82, 2.24) is 9.29 Å². The van der Waals surface area contributed by atoms with Gasteiger partial charge in [-0.05, 0) is 36.8 Å². The molecule has 24 heavy (non-hydrogen) atoms. The Balaban J connectivity index is 1.76. The maximum atomic E-state index is 12.5. The molecule has 2 heterocycles. The lowest BCUT2D eigenvalue weighted by atomic mass is 10.2. The minimum Gasteiger partial charge on any atom is -0.379 e. The monoisotopic (exact) mass is 367 g/mol. The average Bonchev–Trinajstić information content (AvgIpc) is 2.59. The van der Waals surface area contributed by atoms with E-state index in [9.17, 15) is 8.42 Å². The summed E-state index contributed by atoms with van der Waals surface area (Å²) in [5.41, 5.74) is 1.78. The van der Waals surface area contributed by atoms with E-state index in [1.807, 2.05) is 19.1 Å². The first-order valence-electron chi connectivity index (χ1n) is 7.54. The number of pyridine rings is 1. The molecular formula is C16H18ClN3O3S. The first-order chi connectivity index (χ1) is 11.5. The third-order valence-electron chi connectivity index (χ3n) is 3.79. The van der Waals surface area contributed by atoms with Crippen LogP contribution >= 0.6 is 11.6 Å². The van der Waals surface area contributed by atoms with Crippen LogP contribution in [0.1, 0.15) is 5.56 Å². The number of halogens is 1. The van der Waals surface area contributed by atoms with Gasteiger partial charge in [0.05, 0.1) is 13.2 Å². The highest BCUT2D eigenvalue weighted by Gasteiger charge is 2.26. The minimum absolute atomic E-state index is 0.178. The Kier molecular flexibility index (Phi) is 5.05. The van der Waals surface area contributed by atoms with Gasteiger partial charge in [-0.15, -0.1) is 0 Å². The second kappa shape index (κ2) is 7.06. The van der Waals surface area contributed by atoms with Crippen molar-refractivity contribution < 1.29 is 13.2 Å². The number of benzene rings is 1. The summed E-state index contributed by atoms with van der Waals surface area (Å²) >= 11 is 6.10. The topological polar surface area (TPSA) is 71.5 Å². The standard InChI is InChI=1S/C16H18ClN3O3S/c1-12-2-3-13(10-15(12)17)19-16-5-4-14(11-18-16)24(21,22)20-6-8-23-9-7-20/h2-5,10-11H,6-9H2,1H3,(H,18,19). The first kappa shape index (κ1) is 17.2. The van der Waals surface area contributed by atoms with Crippen LogP contribution in [-0.4, -0.2) is 44.0 Å². The largest absolute Gasteiger partial charge is 0.379 e. The number of nitrogens with one attached hydrogen (secondary N) is 1. The smallest absolute Gasteiger partial charge is 0.244 e. The van der Waals surface area contributed by atoms with Gasteiger partial charge in [-0.3, -0.25) is 0 Å². The van der Waals surface area contributed by atoms with Crippen molar-refractivity contribution >= 4 is 33.1 Å². The number of nitrogens with zero attached hydrogens (tertiary/aromatic N) is 2. The van der Waals surface area contributed by atoms with Gasteiger partial charge < -0.3 is 10.1 Å². The average molecular weight is 368 g/mol. The Labute approximate surface area is 146 Å². The number of aromatic nitrogens is 1. The molecule has 2 aromatic rings. The Morgan fingerprint density at radius 1 is 1.21 bits per heavy atom. The number of aryl methyl sites for hydroxylation is 1. The van der Waals surface area contributed by atoms with Crippen molar-refractivity contribution in [2.75, 3.05) is 31.6 Å². The van der Waals surface area contributed by atoms with Crippen molar-refractivity contribution in [3.63, 3.8) is 0 Å². The van der Waals surface area contributed by atoms with Gasteiger partial charge in [0.15, 0.2) is 0 Å². The highest BCUT2D eigenvalue weighted by Crippen LogP contribution is 2.23. The van der Waals surface area contributed by atoms with Crippen LogP contribution < -0.4 is 5.32 Å². The molecule has 6 nitrogen and oxygen atoms in total. The number of anilines is 2. The van der Waals surface area contributed by atoms with Gasteiger partial charge in [-0.25, -0.2) is 13.4 Å². The fourth-order valence-corrected chi connectivity index (χ4v) is 3.90. The Morgan fingerprint density at radius 2 is 1.96 bits per heavy atom. The van der Waals surface area contributed by atoms with Crippen molar-refractivity contribution in [3.05, 3.63) is 47.1 Å². The van der Waals surface area contributed by atoms with Crippen LogP contribution in [-0.2, 0) is 14.8 Å². The maximum Gasteiger partial charge on any atom is 0.244 e. The quantitative estimate of drug-likeness (QED) is 0.899. The molecule has 0 amide bonds. The molecule has 1 N–H and O–H groups in total. The summed E-state index contributed by atoms with van der Waals surface area (Å²) in [7, 11) is -3.52. The zero-order valence-corrected chi connectivity index (χ0v) is 14.8. The van der Waals surface area contributed by atoms with E-state index in [0.717, 1.165) is 11.3 Å². The normalized spacial score (nSPS) is 16.1. The molecular weight excluding hydrogens is 350 g/mol. The van der Waals surface area contributed by atoms with Gasteiger partial charge in [0.2, 0.25) is 10.0 Å². The molecule has 0 spiro atoms. The van der Waals surface area contributed by atoms with E-state index in [-0.39, 0.29) is 4.90 Å². The lowest BCUT2D eigenvalue weighted by molar-refractivity contribution is 0.0730. The zero-order valence-electron chi connectivity index (χ0n) is 13.2. The van der Waals surface area contributed by atoms with Crippen LogP contribution in [0.15, 0.2) is 41.4 Å². The van der Waals surface area contributed by atoms with Crippen LogP contribution in [0.4, 0.5) is 11.5 Å². The Morgan fingerprint density at radius 3 is 2.58 bits per heavy atom. The Hall–Kier alpha value is -1.67. The van der Waals surface area contributed by atoms with Crippen molar-refractivity contribution in [2.24, 2.45) is 0 Å². The van der Waals surface area contributed by atoms with Gasteiger partial charge in [0, 0.05) is 30.0 Å². The number of morpholine rings is 1. The number of hydrogen-bond donors (Lipinski definition) is 1.